The average Bonchev–Trinajstić information content (AvgIpc) is 2.84. The largest absolute Gasteiger partial charge is 0.480 e. The number of aliphatic hydroxyl groups is 1. The Kier molecular flexibility index (Phi) is 6.57. The molecule has 1 rings (SSSR count). The highest BCUT2D eigenvalue weighted by molar-refractivity contribution is 5.86. The van der Waals surface area contributed by atoms with Gasteiger partial charge in [-0.3, -0.25) is 14.8 Å². The number of aliphatic hydroxyl groups excluding tert-OH is 1. The molecule has 3 atom stereocenters. The van der Waals surface area contributed by atoms with E-state index in [0.29, 0.717) is 11.5 Å². The summed E-state index contributed by atoms with van der Waals surface area (Å²) in [6.45, 7) is 1.73. The number of carbonyl (C=O) groups excluding carboxylic acids is 2. The molecule has 2 unspecified atom stereocenters. The molecule has 1 aliphatic rings. The molecule has 8 nitrogen and oxygen atoms in total. The van der Waals surface area contributed by atoms with Gasteiger partial charge in [-0.2, -0.15) is 0 Å². The molecule has 120 valence electrons. The Morgan fingerprint density at radius 3 is 2.67 bits per heavy atom. The van der Waals surface area contributed by atoms with Gasteiger partial charge in [-0.05, 0) is 6.42 Å². The van der Waals surface area contributed by atoms with E-state index in [4.69, 9.17) is 5.11 Å². The molecule has 1 aliphatic heterocycles. The molecule has 0 aromatic rings. The lowest BCUT2D eigenvalue weighted by Gasteiger charge is -2.27. The minimum absolute atomic E-state index is 0.00189. The summed E-state index contributed by atoms with van der Waals surface area (Å²) >= 11 is 0. The number of nitrogens with zero attached hydrogens (tertiary/aromatic N) is 2. The number of β-amino-alcohol motifs (C(OH)–C–C–N with tert-alkyl or cyclic N) is 1. The van der Waals surface area contributed by atoms with Gasteiger partial charge in [-0.15, -0.1) is 0 Å². The van der Waals surface area contributed by atoms with Gasteiger partial charge in [0.15, 0.2) is 0 Å². The van der Waals surface area contributed by atoms with Crippen LogP contribution in [0.15, 0.2) is 0 Å². The van der Waals surface area contributed by atoms with Crippen molar-refractivity contribution in [3.63, 3.8) is 0 Å². The van der Waals surface area contributed by atoms with Crippen LogP contribution >= 0.6 is 0 Å². The summed E-state index contributed by atoms with van der Waals surface area (Å²) in [7, 11) is 0. The number of carboxylic acid groups (broad SMARTS) is 1. The standard InChI is InChI=1S/C13H22N2O6/c1-2-3-4-9(6-14(21)8-16)12(18)15-7-10(17)5-11(15)13(19)20/h8-11,17,21H,2-7H2,1H3,(H,19,20)/t9-,10?,11?/m1/s1. The third kappa shape index (κ3) is 4.68. The lowest BCUT2D eigenvalue weighted by molar-refractivity contribution is -0.159. The first-order chi connectivity index (χ1) is 9.90. The van der Waals surface area contributed by atoms with Crippen molar-refractivity contribution in [1.29, 1.82) is 0 Å². The van der Waals surface area contributed by atoms with E-state index in [1.54, 1.807) is 0 Å². The Morgan fingerprint density at radius 1 is 1.48 bits per heavy atom. The first-order valence-electron chi connectivity index (χ1n) is 7.02. The van der Waals surface area contributed by atoms with E-state index < -0.39 is 29.9 Å². The molecule has 0 aromatic carbocycles. The Hall–Kier alpha value is -1.67. The molecule has 0 aliphatic carbocycles. The minimum atomic E-state index is -1.16. The Morgan fingerprint density at radius 2 is 2.14 bits per heavy atom. The van der Waals surface area contributed by atoms with Crippen molar-refractivity contribution in [2.45, 2.75) is 44.8 Å². The second-order valence-electron chi connectivity index (χ2n) is 5.30. The lowest BCUT2D eigenvalue weighted by atomic mass is 10.00. The third-order valence-corrected chi connectivity index (χ3v) is 3.63. The maximum Gasteiger partial charge on any atom is 0.326 e. The van der Waals surface area contributed by atoms with Gasteiger partial charge < -0.3 is 15.1 Å². The van der Waals surface area contributed by atoms with Crippen LogP contribution in [-0.2, 0) is 14.4 Å². The molecule has 0 radical (unpaired) electrons. The van der Waals surface area contributed by atoms with E-state index in [1.165, 1.54) is 0 Å². The number of hydroxylamine groups is 2. The summed E-state index contributed by atoms with van der Waals surface area (Å²) in [5.74, 6) is -2.29. The SMILES string of the molecule is CCCC[C@H](CN(O)C=O)C(=O)N1CC(O)CC1C(=O)O. The maximum atomic E-state index is 12.5. The van der Waals surface area contributed by atoms with Crippen molar-refractivity contribution >= 4 is 18.3 Å². The number of amides is 2. The van der Waals surface area contributed by atoms with E-state index in [1.807, 2.05) is 6.92 Å². The molecular weight excluding hydrogens is 280 g/mol. The molecule has 3 N–H and O–H groups in total. The molecule has 1 heterocycles. The predicted octanol–water partition coefficient (Wildman–Crippen LogP) is -0.313. The Balaban J connectivity index is 2.82. The summed E-state index contributed by atoms with van der Waals surface area (Å²) in [4.78, 5) is 35.2. The van der Waals surface area contributed by atoms with E-state index in [0.717, 1.165) is 17.7 Å². The van der Waals surface area contributed by atoms with E-state index in [-0.39, 0.29) is 25.9 Å². The summed E-state index contributed by atoms with van der Waals surface area (Å²) in [6.07, 6.45) is 1.34. The summed E-state index contributed by atoms with van der Waals surface area (Å²) in [5.41, 5.74) is 0. The number of carboxylic acids is 1. The lowest BCUT2D eigenvalue weighted by Crippen LogP contribution is -2.46. The second-order valence-corrected chi connectivity index (χ2v) is 5.30. The highest BCUT2D eigenvalue weighted by Gasteiger charge is 2.41. The number of rotatable bonds is 8. The van der Waals surface area contributed by atoms with Gasteiger partial charge in [0, 0.05) is 13.0 Å². The zero-order chi connectivity index (χ0) is 16.0. The zero-order valence-electron chi connectivity index (χ0n) is 12.0. The monoisotopic (exact) mass is 302 g/mol. The summed E-state index contributed by atoms with van der Waals surface area (Å²) in [6, 6.07) is -1.06. The number of likely N-dealkylation sites (tertiary alicyclic amines) is 1. The zero-order valence-corrected chi connectivity index (χ0v) is 12.0. The van der Waals surface area contributed by atoms with Crippen LogP contribution in [-0.4, -0.2) is 68.9 Å². The van der Waals surface area contributed by atoms with Gasteiger partial charge in [0.25, 0.3) is 0 Å². The highest BCUT2D eigenvalue weighted by atomic mass is 16.5. The number of hydrogen-bond donors (Lipinski definition) is 3. The smallest absolute Gasteiger partial charge is 0.326 e. The van der Waals surface area contributed by atoms with Crippen molar-refractivity contribution in [1.82, 2.24) is 9.96 Å². The van der Waals surface area contributed by atoms with Crippen molar-refractivity contribution in [3.05, 3.63) is 0 Å². The molecule has 0 spiro atoms. The fraction of sp³-hybridized carbons (Fsp3) is 0.769. The van der Waals surface area contributed by atoms with Crippen LogP contribution in [0.5, 0.6) is 0 Å². The first kappa shape index (κ1) is 17.4. The average molecular weight is 302 g/mol. The van der Waals surface area contributed by atoms with Crippen molar-refractivity contribution < 1.29 is 29.8 Å². The number of carbonyl (C=O) groups is 3. The van der Waals surface area contributed by atoms with Gasteiger partial charge >= 0.3 is 5.97 Å². The van der Waals surface area contributed by atoms with E-state index in [9.17, 15) is 24.7 Å². The minimum Gasteiger partial charge on any atom is -0.480 e. The van der Waals surface area contributed by atoms with Crippen LogP contribution < -0.4 is 0 Å². The molecule has 1 saturated heterocycles. The van der Waals surface area contributed by atoms with Crippen LogP contribution in [0.4, 0.5) is 0 Å². The van der Waals surface area contributed by atoms with Crippen molar-refractivity contribution in [3.8, 4) is 0 Å². The molecule has 0 bridgehead atoms. The number of hydrogen-bond acceptors (Lipinski definition) is 5. The van der Waals surface area contributed by atoms with Crippen molar-refractivity contribution in [2.75, 3.05) is 13.1 Å². The molecule has 0 aromatic heterocycles. The van der Waals surface area contributed by atoms with E-state index >= 15 is 0 Å². The van der Waals surface area contributed by atoms with Crippen LogP contribution in [0.3, 0.4) is 0 Å². The normalized spacial score (nSPS) is 22.9. The quantitative estimate of drug-likeness (QED) is 0.321. The second kappa shape index (κ2) is 7.94. The van der Waals surface area contributed by atoms with E-state index in [2.05, 4.69) is 0 Å². The number of unbranched alkanes of at least 4 members (excludes halogenated alkanes) is 1. The molecule has 2 amide bonds. The summed E-state index contributed by atoms with van der Waals surface area (Å²) < 4.78 is 0. The number of aliphatic carboxylic acids is 1. The molecule has 8 heteroatoms. The molecule has 1 fully saturated rings. The summed E-state index contributed by atoms with van der Waals surface area (Å²) in [5, 5.41) is 28.4. The van der Waals surface area contributed by atoms with Crippen LogP contribution in [0.2, 0.25) is 0 Å². The molecular formula is C13H22N2O6. The van der Waals surface area contributed by atoms with Gasteiger partial charge in [0.05, 0.1) is 18.6 Å². The first-order valence-corrected chi connectivity index (χ1v) is 7.02. The topological polar surface area (TPSA) is 118 Å². The maximum absolute atomic E-state index is 12.5. The highest BCUT2D eigenvalue weighted by Crippen LogP contribution is 2.23. The van der Waals surface area contributed by atoms with Crippen LogP contribution in [0.25, 0.3) is 0 Å². The van der Waals surface area contributed by atoms with Gasteiger partial charge in [-0.25, -0.2) is 9.86 Å². The van der Waals surface area contributed by atoms with Gasteiger partial charge in [0.2, 0.25) is 12.3 Å². The molecule has 0 saturated carbocycles. The molecule has 21 heavy (non-hydrogen) atoms. The Labute approximate surface area is 122 Å². The van der Waals surface area contributed by atoms with Gasteiger partial charge in [-0.1, -0.05) is 19.8 Å². The van der Waals surface area contributed by atoms with Crippen molar-refractivity contribution in [2.24, 2.45) is 5.92 Å². The third-order valence-electron chi connectivity index (χ3n) is 3.63. The fourth-order valence-electron chi connectivity index (χ4n) is 2.54. The van der Waals surface area contributed by atoms with Gasteiger partial charge in [0.1, 0.15) is 6.04 Å². The predicted molar refractivity (Wildman–Crippen MR) is 71.3 cm³/mol. The van der Waals surface area contributed by atoms with Crippen LogP contribution in [0.1, 0.15) is 32.6 Å². The fourth-order valence-corrected chi connectivity index (χ4v) is 2.54. The van der Waals surface area contributed by atoms with Crippen LogP contribution in [0, 0.1) is 5.92 Å². The Bertz CT molecular complexity index is 389.